The Morgan fingerprint density at radius 2 is 1.84 bits per heavy atom. The maximum atomic E-state index is 10.7. The van der Waals surface area contributed by atoms with E-state index in [1.807, 2.05) is 20.8 Å². The number of fused-ring (bicyclic) bond motifs is 1. The molecule has 4 atom stereocenters. The van der Waals surface area contributed by atoms with Gasteiger partial charge in [0.25, 0.3) is 0 Å². The van der Waals surface area contributed by atoms with Crippen molar-refractivity contribution < 1.29 is 19.4 Å². The van der Waals surface area contributed by atoms with Crippen LogP contribution in [0.5, 0.6) is 0 Å². The maximum Gasteiger partial charge on any atom is 0.248 e. The molecule has 0 bridgehead atoms. The molecular weight excluding hydrogens is 402 g/mol. The van der Waals surface area contributed by atoms with Crippen LogP contribution in [0.15, 0.2) is 17.1 Å². The lowest BCUT2D eigenvalue weighted by atomic mass is 9.97. The molecule has 11 heteroatoms. The summed E-state index contributed by atoms with van der Waals surface area (Å²) < 4.78 is 13.3. The Morgan fingerprint density at radius 1 is 1.06 bits per heavy atom. The van der Waals surface area contributed by atoms with Crippen LogP contribution in [0.2, 0.25) is 0 Å². The molecule has 0 aromatic carbocycles. The van der Waals surface area contributed by atoms with Crippen molar-refractivity contribution in [2.45, 2.75) is 82.5 Å². The van der Waals surface area contributed by atoms with E-state index in [2.05, 4.69) is 30.5 Å². The SMILES string of the molecule is CC(C)(C)c1nnc([C@H]2O[C@@H](n3cnc4c(NC5CCCC5)ncnc43)[C@H](O)[C@@H]2O)o1. The van der Waals surface area contributed by atoms with Gasteiger partial charge in [-0.1, -0.05) is 33.6 Å². The quantitative estimate of drug-likeness (QED) is 0.562. The number of anilines is 1. The first-order valence-corrected chi connectivity index (χ1v) is 10.6. The first-order valence-electron chi connectivity index (χ1n) is 10.6. The number of hydrogen-bond acceptors (Lipinski definition) is 10. The average Bonchev–Trinajstić information content (AvgIpc) is 3.50. The smallest absolute Gasteiger partial charge is 0.248 e. The standard InChI is InChI=1S/C20H27N7O4/c1-20(2,3)19-26-25-17(31-19)14-12(28)13(29)18(30-14)27-9-23-11-15(21-8-22-16(11)27)24-10-6-4-5-7-10/h8-10,12-14,18,28-29H,4-7H2,1-3H3,(H,21,22,24)/t12-,13+,14-,18+/m0/s1. The summed E-state index contributed by atoms with van der Waals surface area (Å²) in [6.45, 7) is 5.84. The van der Waals surface area contributed by atoms with Crippen molar-refractivity contribution in [2.24, 2.45) is 0 Å². The molecule has 1 saturated carbocycles. The van der Waals surface area contributed by atoms with Gasteiger partial charge in [-0.3, -0.25) is 4.57 Å². The van der Waals surface area contributed by atoms with Crippen LogP contribution in [0.4, 0.5) is 5.82 Å². The number of aliphatic hydroxyl groups is 2. The van der Waals surface area contributed by atoms with Crippen LogP contribution in [-0.2, 0) is 10.2 Å². The third-order valence-corrected chi connectivity index (χ3v) is 5.89. The van der Waals surface area contributed by atoms with Crippen molar-refractivity contribution in [1.29, 1.82) is 0 Å². The number of rotatable bonds is 4. The average molecular weight is 429 g/mol. The summed E-state index contributed by atoms with van der Waals surface area (Å²) >= 11 is 0. The molecule has 31 heavy (non-hydrogen) atoms. The number of hydrogen-bond donors (Lipinski definition) is 3. The zero-order valence-corrected chi connectivity index (χ0v) is 17.8. The van der Waals surface area contributed by atoms with E-state index >= 15 is 0 Å². The van der Waals surface area contributed by atoms with Gasteiger partial charge >= 0.3 is 0 Å². The van der Waals surface area contributed by atoms with Gasteiger partial charge in [-0.05, 0) is 12.8 Å². The van der Waals surface area contributed by atoms with Gasteiger partial charge in [-0.25, -0.2) is 15.0 Å². The van der Waals surface area contributed by atoms with Crippen LogP contribution in [0.1, 0.15) is 70.6 Å². The zero-order valence-electron chi connectivity index (χ0n) is 17.8. The second-order valence-corrected chi connectivity index (χ2v) is 9.30. The summed E-state index contributed by atoms with van der Waals surface area (Å²) in [5.41, 5.74) is 0.761. The van der Waals surface area contributed by atoms with Crippen LogP contribution in [-0.4, -0.2) is 58.2 Å². The second-order valence-electron chi connectivity index (χ2n) is 9.30. The van der Waals surface area contributed by atoms with Crippen molar-refractivity contribution in [3.63, 3.8) is 0 Å². The van der Waals surface area contributed by atoms with Crippen LogP contribution < -0.4 is 5.32 Å². The highest BCUT2D eigenvalue weighted by Crippen LogP contribution is 2.40. The Hall–Kier alpha value is -2.63. The van der Waals surface area contributed by atoms with Gasteiger partial charge in [0.05, 0.1) is 6.33 Å². The molecule has 2 fully saturated rings. The van der Waals surface area contributed by atoms with Gasteiger partial charge in [0.15, 0.2) is 29.3 Å². The lowest BCUT2D eigenvalue weighted by Crippen LogP contribution is -2.29. The molecule has 0 amide bonds. The Kier molecular flexibility index (Phi) is 4.91. The molecular formula is C20H27N7O4. The van der Waals surface area contributed by atoms with E-state index < -0.39 is 24.5 Å². The monoisotopic (exact) mass is 429 g/mol. The summed E-state index contributed by atoms with van der Waals surface area (Å²) in [7, 11) is 0. The van der Waals surface area contributed by atoms with Crippen molar-refractivity contribution in [3.05, 3.63) is 24.4 Å². The van der Waals surface area contributed by atoms with E-state index in [0.717, 1.165) is 12.8 Å². The summed E-state index contributed by atoms with van der Waals surface area (Å²) in [6, 6.07) is 0.373. The minimum absolute atomic E-state index is 0.126. The van der Waals surface area contributed by atoms with Gasteiger partial charge in [-0.2, -0.15) is 0 Å². The summed E-state index contributed by atoms with van der Waals surface area (Å²) in [4.78, 5) is 13.1. The molecule has 1 saturated heterocycles. The lowest BCUT2D eigenvalue weighted by molar-refractivity contribution is -0.0441. The largest absolute Gasteiger partial charge is 0.422 e. The van der Waals surface area contributed by atoms with E-state index in [0.29, 0.717) is 28.9 Å². The molecule has 166 valence electrons. The first kappa shape index (κ1) is 20.3. The molecule has 2 aliphatic rings. The number of nitrogens with one attached hydrogen (secondary N) is 1. The van der Waals surface area contributed by atoms with Crippen LogP contribution in [0.3, 0.4) is 0 Å². The number of nitrogens with zero attached hydrogens (tertiary/aromatic N) is 6. The Labute approximate surface area is 178 Å². The van der Waals surface area contributed by atoms with Gasteiger partial charge in [-0.15, -0.1) is 10.2 Å². The van der Waals surface area contributed by atoms with E-state index in [4.69, 9.17) is 9.15 Å². The topological polar surface area (TPSA) is 144 Å². The van der Waals surface area contributed by atoms with Crippen LogP contribution >= 0.6 is 0 Å². The van der Waals surface area contributed by atoms with Crippen LogP contribution in [0, 0.1) is 0 Å². The number of aromatic nitrogens is 6. The van der Waals surface area contributed by atoms with Crippen molar-refractivity contribution in [1.82, 2.24) is 29.7 Å². The highest BCUT2D eigenvalue weighted by atomic mass is 16.6. The molecule has 0 spiro atoms. The second kappa shape index (κ2) is 7.50. The predicted octanol–water partition coefficient (Wildman–Crippen LogP) is 1.85. The maximum absolute atomic E-state index is 10.7. The molecule has 11 nitrogen and oxygen atoms in total. The molecule has 1 aliphatic carbocycles. The van der Waals surface area contributed by atoms with Crippen molar-refractivity contribution in [2.75, 3.05) is 5.32 Å². The van der Waals surface area contributed by atoms with E-state index in [-0.39, 0.29) is 11.3 Å². The van der Waals surface area contributed by atoms with Gasteiger partial charge in [0.1, 0.15) is 18.5 Å². The fraction of sp³-hybridized carbons (Fsp3) is 0.650. The molecule has 3 aromatic rings. The fourth-order valence-electron chi connectivity index (χ4n) is 4.15. The van der Waals surface area contributed by atoms with E-state index in [1.54, 1.807) is 4.57 Å². The zero-order chi connectivity index (χ0) is 21.8. The van der Waals surface area contributed by atoms with Crippen molar-refractivity contribution in [3.8, 4) is 0 Å². The first-order chi connectivity index (χ1) is 14.8. The molecule has 5 rings (SSSR count). The number of aliphatic hydroxyl groups excluding tert-OH is 2. The summed E-state index contributed by atoms with van der Waals surface area (Å²) in [5.74, 6) is 1.22. The van der Waals surface area contributed by atoms with Gasteiger partial charge < -0.3 is 24.7 Å². The molecule has 3 N–H and O–H groups in total. The Balaban J connectivity index is 1.43. The highest BCUT2D eigenvalue weighted by Gasteiger charge is 2.48. The molecule has 0 radical (unpaired) electrons. The number of ether oxygens (including phenoxy) is 1. The third-order valence-electron chi connectivity index (χ3n) is 5.89. The Bertz CT molecular complexity index is 1070. The third kappa shape index (κ3) is 3.56. The molecule has 1 aliphatic heterocycles. The molecule has 3 aromatic heterocycles. The summed E-state index contributed by atoms with van der Waals surface area (Å²) in [5, 5.41) is 32.9. The molecule has 4 heterocycles. The van der Waals surface area contributed by atoms with Crippen LogP contribution in [0.25, 0.3) is 11.2 Å². The fourth-order valence-corrected chi connectivity index (χ4v) is 4.15. The van der Waals surface area contributed by atoms with Gasteiger partial charge in [0, 0.05) is 11.5 Å². The van der Waals surface area contributed by atoms with E-state index in [1.165, 1.54) is 25.5 Å². The van der Waals surface area contributed by atoms with Crippen molar-refractivity contribution >= 4 is 17.0 Å². The minimum atomic E-state index is -1.24. The highest BCUT2D eigenvalue weighted by molar-refractivity contribution is 5.82. The Morgan fingerprint density at radius 3 is 2.55 bits per heavy atom. The summed E-state index contributed by atoms with van der Waals surface area (Å²) in [6.07, 6.45) is 3.27. The normalized spacial score (nSPS) is 27.4. The molecule has 0 unspecified atom stereocenters. The van der Waals surface area contributed by atoms with Gasteiger partial charge in [0.2, 0.25) is 11.8 Å². The lowest BCUT2D eigenvalue weighted by Gasteiger charge is -2.17. The minimum Gasteiger partial charge on any atom is -0.422 e. The number of imidazole rings is 1. The predicted molar refractivity (Wildman–Crippen MR) is 109 cm³/mol. The van der Waals surface area contributed by atoms with E-state index in [9.17, 15) is 10.2 Å².